The molecular weight excluding hydrogens is 471 g/mol. The van der Waals surface area contributed by atoms with Crippen molar-refractivity contribution in [2.45, 2.75) is 25.7 Å². The Hall–Kier alpha value is -3.50. The fourth-order valence-electron chi connectivity index (χ4n) is 2.51. The smallest absolute Gasteiger partial charge is 0.253 e. The van der Waals surface area contributed by atoms with E-state index in [1.54, 1.807) is 49.7 Å². The van der Waals surface area contributed by atoms with Crippen molar-refractivity contribution in [2.24, 2.45) is 5.73 Å². The van der Waals surface area contributed by atoms with Crippen LogP contribution in [0.2, 0.25) is 10.3 Å². The average molecular weight is 495 g/mol. The molecule has 0 bridgehead atoms. The molecule has 12 heteroatoms. The highest BCUT2D eigenvalue weighted by molar-refractivity contribution is 6.29. The van der Waals surface area contributed by atoms with E-state index in [1.807, 2.05) is 6.92 Å². The first-order valence-electron chi connectivity index (χ1n) is 9.58. The second-order valence-corrected chi connectivity index (χ2v) is 7.50. The van der Waals surface area contributed by atoms with Crippen LogP contribution in [0.1, 0.15) is 36.8 Å². The molecule has 2 unspecified atom stereocenters. The Morgan fingerprint density at radius 2 is 1.52 bits per heavy atom. The summed E-state index contributed by atoms with van der Waals surface area (Å²) < 4.78 is 0. The van der Waals surface area contributed by atoms with Crippen molar-refractivity contribution in [2.75, 3.05) is 6.54 Å². The lowest BCUT2D eigenvalue weighted by molar-refractivity contribution is -0.404. The predicted octanol–water partition coefficient (Wildman–Crippen LogP) is 4.65. The number of pyridine rings is 2. The van der Waals surface area contributed by atoms with Gasteiger partial charge in [-0.1, -0.05) is 55.3 Å². The lowest BCUT2D eigenvalue weighted by Crippen LogP contribution is -2.19. The molecule has 0 spiro atoms. The molecule has 0 saturated heterocycles. The molecule has 0 amide bonds. The number of halogens is 2. The van der Waals surface area contributed by atoms with Crippen LogP contribution in [-0.2, 0) is 0 Å². The SMILES string of the molecule is C=CCN/C(=C\[N+](=O)[O-])C(C)c1ccc(Cl)nc1.CC(/C(N)=C/[N+](=O)[O-])c1ccc(Cl)nc1. The second-order valence-electron chi connectivity index (χ2n) is 6.73. The van der Waals surface area contributed by atoms with Crippen LogP contribution in [0.5, 0.6) is 0 Å². The standard InChI is InChI=1S/C12H14ClN3O2.C9H10ClN3O2/c1-3-6-14-11(8-16(17)18)9(2)10-4-5-12(13)15-7-10;1-6(8(11)5-13(14)15)7-2-3-9(10)12-4-7/h3-5,7-9,14H,1,6H2,2H3;2-6H,11H2,1H3/b11-8-;8-5-. The minimum atomic E-state index is -0.574. The van der Waals surface area contributed by atoms with Crippen LogP contribution in [-0.4, -0.2) is 26.4 Å². The van der Waals surface area contributed by atoms with Crippen LogP contribution in [0.3, 0.4) is 0 Å². The molecular formula is C21H24Cl2N6O4. The average Bonchev–Trinajstić information content (AvgIpc) is 2.76. The Labute approximate surface area is 201 Å². The normalized spacial score (nSPS) is 13.2. The van der Waals surface area contributed by atoms with Gasteiger partial charge >= 0.3 is 0 Å². The zero-order valence-electron chi connectivity index (χ0n) is 18.0. The van der Waals surface area contributed by atoms with E-state index in [9.17, 15) is 20.2 Å². The molecule has 10 nitrogen and oxygen atoms in total. The molecule has 33 heavy (non-hydrogen) atoms. The van der Waals surface area contributed by atoms with Crippen molar-refractivity contribution in [1.82, 2.24) is 15.3 Å². The minimum Gasteiger partial charge on any atom is -0.397 e. The fourth-order valence-corrected chi connectivity index (χ4v) is 2.73. The first kappa shape index (κ1) is 27.5. The summed E-state index contributed by atoms with van der Waals surface area (Å²) in [5.74, 6) is -0.416. The van der Waals surface area contributed by atoms with Crippen LogP contribution < -0.4 is 11.1 Å². The number of rotatable bonds is 9. The molecule has 2 aromatic heterocycles. The maximum atomic E-state index is 10.6. The molecule has 0 aliphatic heterocycles. The van der Waals surface area contributed by atoms with Crippen molar-refractivity contribution >= 4 is 23.2 Å². The molecule has 2 aromatic rings. The first-order valence-corrected chi connectivity index (χ1v) is 10.3. The molecule has 2 heterocycles. The van der Waals surface area contributed by atoms with Crippen LogP contribution in [0, 0.1) is 20.2 Å². The largest absolute Gasteiger partial charge is 0.397 e. The highest BCUT2D eigenvalue weighted by Crippen LogP contribution is 2.22. The number of hydrogen-bond donors (Lipinski definition) is 2. The zero-order valence-corrected chi connectivity index (χ0v) is 19.5. The highest BCUT2D eigenvalue weighted by atomic mass is 35.5. The van der Waals surface area contributed by atoms with Crippen molar-refractivity contribution < 1.29 is 9.85 Å². The molecule has 176 valence electrons. The van der Waals surface area contributed by atoms with Crippen molar-refractivity contribution in [3.05, 3.63) is 115 Å². The van der Waals surface area contributed by atoms with Gasteiger partial charge in [-0.3, -0.25) is 20.2 Å². The molecule has 0 aromatic carbocycles. The van der Waals surface area contributed by atoms with E-state index in [1.165, 1.54) is 0 Å². The van der Waals surface area contributed by atoms with Gasteiger partial charge in [-0.25, -0.2) is 9.97 Å². The van der Waals surface area contributed by atoms with Gasteiger partial charge in [0, 0.05) is 30.8 Å². The maximum Gasteiger partial charge on any atom is 0.253 e. The van der Waals surface area contributed by atoms with Gasteiger partial charge in [0.1, 0.15) is 10.3 Å². The van der Waals surface area contributed by atoms with Crippen molar-refractivity contribution in [3.63, 3.8) is 0 Å². The summed E-state index contributed by atoms with van der Waals surface area (Å²) in [6.07, 6.45) is 6.55. The third-order valence-electron chi connectivity index (χ3n) is 4.42. The fraction of sp³-hybridized carbons (Fsp3) is 0.238. The van der Waals surface area contributed by atoms with E-state index in [-0.39, 0.29) is 17.5 Å². The Morgan fingerprint density at radius 1 is 1.03 bits per heavy atom. The Balaban J connectivity index is 0.000000335. The second kappa shape index (κ2) is 13.8. The molecule has 2 atom stereocenters. The molecule has 0 aliphatic carbocycles. The van der Waals surface area contributed by atoms with Gasteiger partial charge in [0.15, 0.2) is 0 Å². The number of aromatic nitrogens is 2. The molecule has 0 saturated carbocycles. The topological polar surface area (TPSA) is 150 Å². The Bertz CT molecular complexity index is 1010. The third kappa shape index (κ3) is 10.1. The first-order chi connectivity index (χ1) is 15.5. The van der Waals surface area contributed by atoms with E-state index in [0.717, 1.165) is 23.5 Å². The lowest BCUT2D eigenvalue weighted by Gasteiger charge is -2.15. The van der Waals surface area contributed by atoms with Gasteiger partial charge in [0.2, 0.25) is 0 Å². The Morgan fingerprint density at radius 3 is 1.91 bits per heavy atom. The number of hydrogen-bond acceptors (Lipinski definition) is 8. The minimum absolute atomic E-state index is 0.167. The summed E-state index contributed by atoms with van der Waals surface area (Å²) in [6.45, 7) is 7.65. The van der Waals surface area contributed by atoms with E-state index in [4.69, 9.17) is 28.9 Å². The van der Waals surface area contributed by atoms with Crippen LogP contribution in [0.4, 0.5) is 0 Å². The lowest BCUT2D eigenvalue weighted by atomic mass is 10.00. The third-order valence-corrected chi connectivity index (χ3v) is 4.86. The number of nitrogens with two attached hydrogens (primary N) is 1. The van der Waals surface area contributed by atoms with Gasteiger partial charge in [-0.15, -0.1) is 6.58 Å². The van der Waals surface area contributed by atoms with Gasteiger partial charge in [0.05, 0.1) is 21.2 Å². The van der Waals surface area contributed by atoms with Gasteiger partial charge in [-0.05, 0) is 23.3 Å². The molecule has 3 N–H and O–H groups in total. The maximum absolute atomic E-state index is 10.6. The molecule has 0 fully saturated rings. The Kier molecular flexibility index (Phi) is 11.5. The predicted molar refractivity (Wildman–Crippen MR) is 128 cm³/mol. The van der Waals surface area contributed by atoms with Crippen LogP contribution in [0.25, 0.3) is 0 Å². The van der Waals surface area contributed by atoms with Crippen molar-refractivity contribution in [3.8, 4) is 0 Å². The van der Waals surface area contributed by atoms with Crippen molar-refractivity contribution in [1.29, 1.82) is 0 Å². The summed E-state index contributed by atoms with van der Waals surface area (Å²) in [4.78, 5) is 27.6. The van der Waals surface area contributed by atoms with Gasteiger partial charge in [-0.2, -0.15) is 0 Å². The highest BCUT2D eigenvalue weighted by Gasteiger charge is 2.15. The zero-order chi connectivity index (χ0) is 25.0. The summed E-state index contributed by atoms with van der Waals surface area (Å²) in [5.41, 5.74) is 7.87. The van der Waals surface area contributed by atoms with Crippen LogP contribution >= 0.6 is 23.2 Å². The molecule has 0 radical (unpaired) electrons. The summed E-state index contributed by atoms with van der Waals surface area (Å²) >= 11 is 11.3. The summed E-state index contributed by atoms with van der Waals surface area (Å²) in [7, 11) is 0. The quantitative estimate of drug-likeness (QED) is 0.221. The number of nitrogens with one attached hydrogen (secondary N) is 1. The molecule has 0 aliphatic rings. The number of nitrogens with zero attached hydrogens (tertiary/aromatic N) is 4. The van der Waals surface area contributed by atoms with E-state index >= 15 is 0 Å². The number of allylic oxidation sites excluding steroid dienone is 2. The van der Waals surface area contributed by atoms with E-state index < -0.39 is 9.85 Å². The molecule has 2 rings (SSSR count). The van der Waals surface area contributed by atoms with E-state index in [0.29, 0.717) is 22.5 Å². The summed E-state index contributed by atoms with van der Waals surface area (Å²) in [6, 6.07) is 6.81. The monoisotopic (exact) mass is 494 g/mol. The van der Waals surface area contributed by atoms with Gasteiger partial charge < -0.3 is 11.1 Å². The van der Waals surface area contributed by atoms with Gasteiger partial charge in [0.25, 0.3) is 12.4 Å². The summed E-state index contributed by atoms with van der Waals surface area (Å²) in [5, 5.41) is 24.5. The van der Waals surface area contributed by atoms with E-state index in [2.05, 4.69) is 21.9 Å². The van der Waals surface area contributed by atoms with Crippen LogP contribution in [0.15, 0.2) is 73.1 Å². The number of nitro groups is 2.